The highest BCUT2D eigenvalue weighted by Crippen LogP contribution is 2.32. The van der Waals surface area contributed by atoms with Gasteiger partial charge in [0.2, 0.25) is 0 Å². The number of ketones is 1. The van der Waals surface area contributed by atoms with Crippen molar-refractivity contribution in [2.24, 2.45) is 0 Å². The van der Waals surface area contributed by atoms with Crippen molar-refractivity contribution in [3.63, 3.8) is 0 Å². The van der Waals surface area contributed by atoms with E-state index in [-0.39, 0.29) is 5.78 Å². The molecule has 1 heterocycles. The van der Waals surface area contributed by atoms with Gasteiger partial charge in [0.1, 0.15) is 0 Å². The average molecular weight is 332 g/mol. The molecule has 0 aliphatic rings. The summed E-state index contributed by atoms with van der Waals surface area (Å²) in [6.45, 7) is 3.99. The van der Waals surface area contributed by atoms with Gasteiger partial charge < -0.3 is 5.32 Å². The van der Waals surface area contributed by atoms with E-state index < -0.39 is 0 Å². The summed E-state index contributed by atoms with van der Waals surface area (Å²) in [4.78, 5) is 28.3. The molecule has 126 valence electrons. The molecule has 1 aromatic heterocycles. The Bertz CT molecular complexity index is 948. The van der Waals surface area contributed by atoms with E-state index in [1.54, 1.807) is 12.3 Å². The van der Waals surface area contributed by atoms with E-state index in [0.29, 0.717) is 28.8 Å². The van der Waals surface area contributed by atoms with Crippen LogP contribution in [0.15, 0.2) is 48.7 Å². The molecule has 0 atom stereocenters. The number of hydrogen-bond donors (Lipinski definition) is 1. The Labute approximate surface area is 146 Å². The van der Waals surface area contributed by atoms with Crippen LogP contribution in [0.1, 0.15) is 46.0 Å². The maximum Gasteiger partial charge on any atom is 0.166 e. The zero-order valence-electron chi connectivity index (χ0n) is 14.4. The maximum atomic E-state index is 12.6. The maximum absolute atomic E-state index is 12.6. The number of fused-ring (bicyclic) bond motifs is 1. The van der Waals surface area contributed by atoms with Gasteiger partial charge in [-0.25, -0.2) is 0 Å². The van der Waals surface area contributed by atoms with E-state index in [1.165, 1.54) is 0 Å². The third-order valence-corrected chi connectivity index (χ3v) is 4.24. The predicted molar refractivity (Wildman–Crippen MR) is 101 cm³/mol. The van der Waals surface area contributed by atoms with Crippen LogP contribution < -0.4 is 5.32 Å². The van der Waals surface area contributed by atoms with Crippen LogP contribution in [-0.2, 0) is 0 Å². The lowest BCUT2D eigenvalue weighted by atomic mass is 10.0. The second-order valence-corrected chi connectivity index (χ2v) is 6.02. The zero-order valence-corrected chi connectivity index (χ0v) is 14.4. The van der Waals surface area contributed by atoms with E-state index in [4.69, 9.17) is 0 Å². The van der Waals surface area contributed by atoms with Crippen molar-refractivity contribution in [1.82, 2.24) is 4.98 Å². The molecule has 4 heteroatoms. The van der Waals surface area contributed by atoms with E-state index in [9.17, 15) is 9.59 Å². The summed E-state index contributed by atoms with van der Waals surface area (Å²) in [5.74, 6) is 0.0458. The van der Waals surface area contributed by atoms with Gasteiger partial charge in [-0.2, -0.15) is 0 Å². The van der Waals surface area contributed by atoms with Crippen LogP contribution in [0.3, 0.4) is 0 Å². The number of nitrogens with one attached hydrogen (secondary N) is 1. The molecule has 1 N–H and O–H groups in total. The summed E-state index contributed by atoms with van der Waals surface area (Å²) in [5, 5.41) is 4.17. The van der Waals surface area contributed by atoms with Crippen LogP contribution in [0, 0.1) is 6.92 Å². The Morgan fingerprint density at radius 1 is 1.16 bits per heavy atom. The lowest BCUT2D eigenvalue weighted by Crippen LogP contribution is -2.06. The van der Waals surface area contributed by atoms with E-state index in [0.717, 1.165) is 29.3 Å². The van der Waals surface area contributed by atoms with Crippen LogP contribution in [-0.4, -0.2) is 17.1 Å². The first kappa shape index (κ1) is 16.8. The van der Waals surface area contributed by atoms with Gasteiger partial charge in [0, 0.05) is 29.3 Å². The Morgan fingerprint density at radius 2 is 1.96 bits per heavy atom. The number of carbonyl (C=O) groups excluding carboxylic acids is 2. The standard InChI is InChI=1S/C21H20N2O2/c1-3-7-19(25)17-12-22-20-15(13-24)9-6-10-16(20)21(17)23-18-11-5-4-8-14(18)2/h4-6,8-13H,3,7H2,1-2H3,(H,22,23). The zero-order chi connectivity index (χ0) is 17.8. The number of hydrogen-bond acceptors (Lipinski definition) is 4. The van der Waals surface area contributed by atoms with Gasteiger partial charge >= 0.3 is 0 Å². The Kier molecular flexibility index (Phi) is 4.89. The van der Waals surface area contributed by atoms with Crippen molar-refractivity contribution < 1.29 is 9.59 Å². The Morgan fingerprint density at radius 3 is 2.68 bits per heavy atom. The van der Waals surface area contributed by atoms with E-state index in [2.05, 4.69) is 10.3 Å². The highest BCUT2D eigenvalue weighted by atomic mass is 16.1. The number of Topliss-reactive ketones (excluding diaryl/α,β-unsaturated/α-hetero) is 1. The number of para-hydroxylation sites is 2. The van der Waals surface area contributed by atoms with Gasteiger partial charge in [-0.1, -0.05) is 37.3 Å². The fraction of sp³-hybridized carbons (Fsp3) is 0.190. The SMILES string of the molecule is CCCC(=O)c1cnc2c(C=O)cccc2c1Nc1ccccc1C. The van der Waals surface area contributed by atoms with Crippen molar-refractivity contribution in [2.75, 3.05) is 5.32 Å². The Hall–Kier alpha value is -3.01. The van der Waals surface area contributed by atoms with Gasteiger partial charge in [0.05, 0.1) is 16.8 Å². The molecular formula is C21H20N2O2. The number of benzene rings is 2. The molecule has 0 amide bonds. The quantitative estimate of drug-likeness (QED) is 0.505. The van der Waals surface area contributed by atoms with Gasteiger partial charge in [-0.05, 0) is 31.0 Å². The van der Waals surface area contributed by atoms with Crippen LogP contribution in [0.2, 0.25) is 0 Å². The molecule has 0 bridgehead atoms. The molecule has 3 aromatic rings. The number of carbonyl (C=O) groups is 2. The van der Waals surface area contributed by atoms with E-state index >= 15 is 0 Å². The number of nitrogens with zero attached hydrogens (tertiary/aromatic N) is 1. The summed E-state index contributed by atoms with van der Waals surface area (Å²) >= 11 is 0. The third-order valence-electron chi connectivity index (χ3n) is 4.24. The van der Waals surface area contributed by atoms with Gasteiger partial charge in [0.15, 0.2) is 12.1 Å². The fourth-order valence-electron chi connectivity index (χ4n) is 2.90. The highest BCUT2D eigenvalue weighted by Gasteiger charge is 2.17. The summed E-state index contributed by atoms with van der Waals surface area (Å²) in [5.41, 5.74) is 4.38. The summed E-state index contributed by atoms with van der Waals surface area (Å²) < 4.78 is 0. The molecule has 3 rings (SSSR count). The van der Waals surface area contributed by atoms with Crippen molar-refractivity contribution in [3.05, 3.63) is 65.4 Å². The van der Waals surface area contributed by atoms with Crippen molar-refractivity contribution in [2.45, 2.75) is 26.7 Å². The van der Waals surface area contributed by atoms with E-state index in [1.807, 2.05) is 50.2 Å². The minimum atomic E-state index is 0.0458. The second-order valence-electron chi connectivity index (χ2n) is 6.02. The first-order chi connectivity index (χ1) is 12.2. The molecule has 0 fully saturated rings. The van der Waals surface area contributed by atoms with Gasteiger partial charge in [-0.3, -0.25) is 14.6 Å². The smallest absolute Gasteiger partial charge is 0.166 e. The number of anilines is 2. The molecule has 25 heavy (non-hydrogen) atoms. The molecule has 0 aliphatic carbocycles. The molecule has 0 radical (unpaired) electrons. The van der Waals surface area contributed by atoms with Gasteiger partial charge in [-0.15, -0.1) is 0 Å². The topological polar surface area (TPSA) is 59.1 Å². The van der Waals surface area contributed by atoms with Crippen LogP contribution in [0.5, 0.6) is 0 Å². The van der Waals surface area contributed by atoms with Gasteiger partial charge in [0.25, 0.3) is 0 Å². The van der Waals surface area contributed by atoms with Crippen LogP contribution in [0.25, 0.3) is 10.9 Å². The largest absolute Gasteiger partial charge is 0.354 e. The summed E-state index contributed by atoms with van der Waals surface area (Å²) in [7, 11) is 0. The van der Waals surface area contributed by atoms with Crippen LogP contribution in [0.4, 0.5) is 11.4 Å². The third kappa shape index (κ3) is 3.29. The average Bonchev–Trinajstić information content (AvgIpc) is 2.63. The number of rotatable bonds is 6. The monoisotopic (exact) mass is 332 g/mol. The second kappa shape index (κ2) is 7.26. The lowest BCUT2D eigenvalue weighted by Gasteiger charge is -2.16. The first-order valence-corrected chi connectivity index (χ1v) is 8.38. The molecule has 0 aliphatic heterocycles. The molecule has 4 nitrogen and oxygen atoms in total. The molecular weight excluding hydrogens is 312 g/mol. The number of pyridine rings is 1. The highest BCUT2D eigenvalue weighted by molar-refractivity contribution is 6.11. The molecule has 0 saturated carbocycles. The minimum Gasteiger partial charge on any atom is -0.354 e. The number of aryl methyl sites for hydroxylation is 1. The molecule has 0 unspecified atom stereocenters. The molecule has 0 saturated heterocycles. The number of aromatic nitrogens is 1. The van der Waals surface area contributed by atoms with Crippen LogP contribution >= 0.6 is 0 Å². The van der Waals surface area contributed by atoms with Crippen molar-refractivity contribution in [3.8, 4) is 0 Å². The minimum absolute atomic E-state index is 0.0458. The number of aldehydes is 1. The van der Waals surface area contributed by atoms with Crippen molar-refractivity contribution >= 4 is 34.3 Å². The first-order valence-electron chi connectivity index (χ1n) is 8.38. The lowest BCUT2D eigenvalue weighted by molar-refractivity contribution is 0.0982. The van der Waals surface area contributed by atoms with Crippen molar-refractivity contribution in [1.29, 1.82) is 0 Å². The fourth-order valence-corrected chi connectivity index (χ4v) is 2.90. The summed E-state index contributed by atoms with van der Waals surface area (Å²) in [6, 6.07) is 13.3. The predicted octanol–water partition coefficient (Wildman–Crippen LogP) is 5.08. The molecule has 2 aromatic carbocycles. The normalized spacial score (nSPS) is 10.6. The summed E-state index contributed by atoms with van der Waals surface area (Å²) in [6.07, 6.45) is 3.60. The molecule has 0 spiro atoms. The Balaban J connectivity index is 2.24.